The summed E-state index contributed by atoms with van der Waals surface area (Å²) < 4.78 is 5.07. The summed E-state index contributed by atoms with van der Waals surface area (Å²) in [6, 6.07) is 5.89. The molecule has 0 saturated carbocycles. The van der Waals surface area contributed by atoms with Crippen molar-refractivity contribution in [3.63, 3.8) is 0 Å². The Kier molecular flexibility index (Phi) is 3.92. The number of furan rings is 1. The molecule has 1 aliphatic heterocycles. The molecule has 22 heavy (non-hydrogen) atoms. The number of hydrogen-bond donors (Lipinski definition) is 2. The Morgan fingerprint density at radius 2 is 2.23 bits per heavy atom. The van der Waals surface area contributed by atoms with Gasteiger partial charge in [-0.25, -0.2) is 14.5 Å². The number of nitrogens with one attached hydrogen (secondary N) is 2. The summed E-state index contributed by atoms with van der Waals surface area (Å²) >= 11 is 1.28. The molecule has 2 aromatic heterocycles. The fourth-order valence-electron chi connectivity index (χ4n) is 2.05. The fraction of sp³-hybridized carbons (Fsp3) is 0.214. The van der Waals surface area contributed by atoms with Gasteiger partial charge in [0.1, 0.15) is 0 Å². The van der Waals surface area contributed by atoms with E-state index in [9.17, 15) is 14.4 Å². The third-order valence-corrected chi connectivity index (χ3v) is 4.23. The molecule has 3 rings (SSSR count). The van der Waals surface area contributed by atoms with E-state index in [-0.39, 0.29) is 18.1 Å². The van der Waals surface area contributed by atoms with Crippen molar-refractivity contribution >= 4 is 29.2 Å². The highest BCUT2D eigenvalue weighted by Gasteiger charge is 2.25. The normalized spacial score (nSPS) is 14.0. The molecule has 4 amide bonds. The number of imide groups is 1. The Bertz CT molecular complexity index is 708. The standard InChI is InChI=1S/C14H13N3O4S/c18-12(10-2-1-7-21-10)11-4-3-9(22-11)8-16-14(20)17-6-5-15-13(17)19/h1-4,7H,5-6,8H2,(H,15,19)(H,16,20). The summed E-state index contributed by atoms with van der Waals surface area (Å²) in [5.41, 5.74) is 0. The van der Waals surface area contributed by atoms with Crippen LogP contribution in [0.2, 0.25) is 0 Å². The van der Waals surface area contributed by atoms with E-state index in [0.717, 1.165) is 9.78 Å². The number of thiophene rings is 1. The largest absolute Gasteiger partial charge is 0.461 e. The zero-order valence-corrected chi connectivity index (χ0v) is 12.3. The first-order valence-corrected chi connectivity index (χ1v) is 7.47. The molecular weight excluding hydrogens is 306 g/mol. The molecule has 0 bridgehead atoms. The second kappa shape index (κ2) is 6.02. The third-order valence-electron chi connectivity index (χ3n) is 3.15. The molecule has 2 aromatic rings. The average molecular weight is 319 g/mol. The average Bonchev–Trinajstić information content (AvgIpc) is 3.25. The van der Waals surface area contributed by atoms with Crippen molar-refractivity contribution in [1.82, 2.24) is 15.5 Å². The minimum atomic E-state index is -0.442. The van der Waals surface area contributed by atoms with E-state index in [4.69, 9.17) is 4.42 Å². The number of nitrogens with zero attached hydrogens (tertiary/aromatic N) is 1. The van der Waals surface area contributed by atoms with Crippen LogP contribution in [-0.4, -0.2) is 35.8 Å². The van der Waals surface area contributed by atoms with Crippen LogP contribution in [0.4, 0.5) is 9.59 Å². The van der Waals surface area contributed by atoms with Gasteiger partial charge in [-0.05, 0) is 24.3 Å². The van der Waals surface area contributed by atoms with Crippen molar-refractivity contribution in [2.24, 2.45) is 0 Å². The molecule has 1 saturated heterocycles. The predicted molar refractivity (Wildman–Crippen MR) is 78.8 cm³/mol. The van der Waals surface area contributed by atoms with Crippen molar-refractivity contribution in [1.29, 1.82) is 0 Å². The molecule has 1 fully saturated rings. The van der Waals surface area contributed by atoms with Gasteiger partial charge in [0.2, 0.25) is 5.78 Å². The molecule has 8 heteroatoms. The first-order valence-electron chi connectivity index (χ1n) is 6.65. The number of hydrogen-bond acceptors (Lipinski definition) is 5. The van der Waals surface area contributed by atoms with Gasteiger partial charge in [0.05, 0.1) is 17.7 Å². The number of carbonyl (C=O) groups is 3. The van der Waals surface area contributed by atoms with E-state index in [1.807, 2.05) is 0 Å². The van der Waals surface area contributed by atoms with Gasteiger partial charge in [-0.15, -0.1) is 11.3 Å². The Hall–Kier alpha value is -2.61. The lowest BCUT2D eigenvalue weighted by atomic mass is 10.2. The highest BCUT2D eigenvalue weighted by Crippen LogP contribution is 2.20. The fourth-order valence-corrected chi connectivity index (χ4v) is 2.94. The van der Waals surface area contributed by atoms with Gasteiger partial charge < -0.3 is 15.1 Å². The summed E-state index contributed by atoms with van der Waals surface area (Å²) in [6.07, 6.45) is 1.45. The van der Waals surface area contributed by atoms with Crippen LogP contribution >= 0.6 is 11.3 Å². The van der Waals surface area contributed by atoms with Gasteiger partial charge >= 0.3 is 12.1 Å². The zero-order valence-electron chi connectivity index (χ0n) is 11.5. The lowest BCUT2D eigenvalue weighted by Gasteiger charge is -2.12. The van der Waals surface area contributed by atoms with Gasteiger partial charge in [0.25, 0.3) is 0 Å². The van der Waals surface area contributed by atoms with Gasteiger partial charge in [-0.3, -0.25) is 4.79 Å². The lowest BCUT2D eigenvalue weighted by Crippen LogP contribution is -2.41. The summed E-state index contributed by atoms with van der Waals surface area (Å²) in [7, 11) is 0. The van der Waals surface area contributed by atoms with Crippen LogP contribution in [0.15, 0.2) is 34.9 Å². The number of urea groups is 2. The van der Waals surface area contributed by atoms with Crippen molar-refractivity contribution < 1.29 is 18.8 Å². The van der Waals surface area contributed by atoms with Crippen LogP contribution in [0.1, 0.15) is 20.3 Å². The molecule has 3 heterocycles. The maximum Gasteiger partial charge on any atom is 0.325 e. The van der Waals surface area contributed by atoms with Crippen LogP contribution < -0.4 is 10.6 Å². The van der Waals surface area contributed by atoms with E-state index in [1.54, 1.807) is 24.3 Å². The molecule has 114 valence electrons. The lowest BCUT2D eigenvalue weighted by molar-refractivity contribution is 0.101. The van der Waals surface area contributed by atoms with Crippen LogP contribution in [0.3, 0.4) is 0 Å². The minimum absolute atomic E-state index is 0.188. The van der Waals surface area contributed by atoms with Gasteiger partial charge in [0, 0.05) is 18.0 Å². The third kappa shape index (κ3) is 2.86. The quantitative estimate of drug-likeness (QED) is 0.841. The van der Waals surface area contributed by atoms with E-state index in [1.165, 1.54) is 17.6 Å². The van der Waals surface area contributed by atoms with Crippen molar-refractivity contribution in [2.75, 3.05) is 13.1 Å². The highest BCUT2D eigenvalue weighted by molar-refractivity contribution is 7.14. The van der Waals surface area contributed by atoms with Crippen molar-refractivity contribution in [3.8, 4) is 0 Å². The molecule has 0 aromatic carbocycles. The topological polar surface area (TPSA) is 91.7 Å². The van der Waals surface area contributed by atoms with Crippen molar-refractivity contribution in [3.05, 3.63) is 46.0 Å². The smallest absolute Gasteiger partial charge is 0.325 e. The van der Waals surface area contributed by atoms with E-state index < -0.39 is 12.1 Å². The summed E-state index contributed by atoms with van der Waals surface area (Å²) in [5.74, 6) is 0.0951. The number of amides is 4. The second-order valence-electron chi connectivity index (χ2n) is 4.61. The Balaban J connectivity index is 1.59. The van der Waals surface area contributed by atoms with Crippen LogP contribution in [0.25, 0.3) is 0 Å². The van der Waals surface area contributed by atoms with E-state index in [2.05, 4.69) is 10.6 Å². The molecule has 7 nitrogen and oxygen atoms in total. The van der Waals surface area contributed by atoms with E-state index >= 15 is 0 Å². The molecule has 1 aliphatic rings. The molecule has 0 unspecified atom stereocenters. The Morgan fingerprint density at radius 1 is 1.36 bits per heavy atom. The minimum Gasteiger partial charge on any atom is -0.461 e. The molecule has 0 atom stereocenters. The Labute approximate surface area is 129 Å². The summed E-state index contributed by atoms with van der Waals surface area (Å²) in [6.45, 7) is 1.09. The molecule has 0 radical (unpaired) electrons. The monoisotopic (exact) mass is 319 g/mol. The second-order valence-corrected chi connectivity index (χ2v) is 5.78. The van der Waals surface area contributed by atoms with Crippen LogP contribution in [0, 0.1) is 0 Å². The first kappa shape index (κ1) is 14.3. The number of ketones is 1. The van der Waals surface area contributed by atoms with Gasteiger partial charge in [-0.1, -0.05) is 0 Å². The maximum atomic E-state index is 12.1. The van der Waals surface area contributed by atoms with Gasteiger partial charge in [-0.2, -0.15) is 0 Å². The van der Waals surface area contributed by atoms with Crippen LogP contribution in [-0.2, 0) is 6.54 Å². The van der Waals surface area contributed by atoms with Gasteiger partial charge in [0.15, 0.2) is 5.76 Å². The highest BCUT2D eigenvalue weighted by atomic mass is 32.1. The molecule has 0 spiro atoms. The molecule has 0 aliphatic carbocycles. The first-order chi connectivity index (χ1) is 10.6. The summed E-state index contributed by atoms with van der Waals surface area (Å²) in [5, 5.41) is 5.22. The Morgan fingerprint density at radius 3 is 2.91 bits per heavy atom. The molecule has 2 N–H and O–H groups in total. The number of rotatable bonds is 4. The molecular formula is C14H13N3O4S. The predicted octanol–water partition coefficient (Wildman–Crippen LogP) is 1.81. The van der Waals surface area contributed by atoms with Crippen molar-refractivity contribution in [2.45, 2.75) is 6.54 Å². The zero-order chi connectivity index (χ0) is 15.5. The summed E-state index contributed by atoms with van der Waals surface area (Å²) in [4.78, 5) is 37.7. The van der Waals surface area contributed by atoms with Crippen LogP contribution in [0.5, 0.6) is 0 Å². The maximum absolute atomic E-state index is 12.1. The number of carbonyl (C=O) groups excluding carboxylic acids is 3. The van der Waals surface area contributed by atoms with E-state index in [0.29, 0.717) is 18.0 Å². The SMILES string of the molecule is O=C(c1ccco1)c1ccc(CNC(=O)N2CCNC2=O)s1.